The number of benzene rings is 3. The van der Waals surface area contributed by atoms with Gasteiger partial charge in [0.15, 0.2) is 0 Å². The van der Waals surface area contributed by atoms with Crippen LogP contribution in [0.25, 0.3) is 0 Å². The topological polar surface area (TPSA) is 0 Å². The first-order chi connectivity index (χ1) is 11.2. The first-order valence-corrected chi connectivity index (χ1v) is 11.7. The number of allylic oxidation sites excluding steroid dienone is 1. The molecule has 0 atom stereocenters. The van der Waals surface area contributed by atoms with E-state index in [2.05, 4.69) is 109 Å². The minimum absolute atomic E-state index is 1.13. The van der Waals surface area contributed by atoms with Gasteiger partial charge in [-0.05, 0) is 0 Å². The Bertz CT molecular complexity index is 727. The van der Waals surface area contributed by atoms with Gasteiger partial charge in [-0.3, -0.25) is 0 Å². The van der Waals surface area contributed by atoms with E-state index in [1.807, 2.05) is 0 Å². The Hall–Kier alpha value is -2.17. The van der Waals surface area contributed by atoms with E-state index in [0.717, 1.165) is 5.57 Å². The summed E-state index contributed by atoms with van der Waals surface area (Å²) >= 11 is -2.66. The maximum atomic E-state index is 4.20. The predicted octanol–water partition coefficient (Wildman–Crippen LogP) is 3.12. The van der Waals surface area contributed by atoms with Crippen LogP contribution in [0.15, 0.2) is 103 Å². The quantitative estimate of drug-likeness (QED) is 0.627. The zero-order chi connectivity index (χ0) is 16.1. The number of hydrogen-bond donors (Lipinski definition) is 0. The molecule has 0 bridgehead atoms. The van der Waals surface area contributed by atoms with Crippen molar-refractivity contribution < 1.29 is 0 Å². The van der Waals surface area contributed by atoms with Crippen molar-refractivity contribution in [1.29, 1.82) is 0 Å². The summed E-state index contributed by atoms with van der Waals surface area (Å²) in [5.74, 6) is 0. The van der Waals surface area contributed by atoms with Gasteiger partial charge in [0.05, 0.1) is 0 Å². The summed E-state index contributed by atoms with van der Waals surface area (Å²) in [7, 11) is 0. The van der Waals surface area contributed by atoms with E-state index in [4.69, 9.17) is 0 Å². The van der Waals surface area contributed by atoms with Gasteiger partial charge in [0.2, 0.25) is 0 Å². The molecule has 0 nitrogen and oxygen atoms in total. The van der Waals surface area contributed by atoms with Crippen molar-refractivity contribution in [3.8, 4) is 0 Å². The molecule has 3 rings (SSSR count). The Kier molecular flexibility index (Phi) is 4.74. The second kappa shape index (κ2) is 6.94. The molecule has 1 heteroatoms. The molecule has 0 amide bonds. The molecule has 0 saturated carbocycles. The van der Waals surface area contributed by atoms with Gasteiger partial charge in [0, 0.05) is 0 Å². The molecule has 3 aromatic rings. The summed E-state index contributed by atoms with van der Waals surface area (Å²) in [5.41, 5.74) is 1.13. The Labute approximate surface area is 141 Å². The summed E-state index contributed by atoms with van der Waals surface area (Å²) in [6.07, 6.45) is 0. The monoisotopic (exact) mass is 360 g/mol. The molecule has 0 aliphatic rings. The second-order valence-corrected chi connectivity index (χ2v) is 12.5. The van der Waals surface area contributed by atoms with Crippen molar-refractivity contribution in [2.24, 2.45) is 0 Å². The van der Waals surface area contributed by atoms with Crippen LogP contribution in [0.2, 0.25) is 0 Å². The van der Waals surface area contributed by atoms with Crippen LogP contribution in [0.1, 0.15) is 6.92 Å². The van der Waals surface area contributed by atoms with E-state index in [9.17, 15) is 0 Å². The molecular formula is C22H21As. The zero-order valence-electron chi connectivity index (χ0n) is 13.4. The first-order valence-electron chi connectivity index (χ1n) is 7.80. The van der Waals surface area contributed by atoms with Crippen LogP contribution >= 0.6 is 0 Å². The molecule has 0 saturated heterocycles. The van der Waals surface area contributed by atoms with Crippen LogP contribution < -0.4 is 13.1 Å². The van der Waals surface area contributed by atoms with Crippen LogP contribution in [-0.2, 0) is 0 Å². The van der Waals surface area contributed by atoms with Crippen molar-refractivity contribution in [3.05, 3.63) is 103 Å². The van der Waals surface area contributed by atoms with Crippen molar-refractivity contribution in [3.63, 3.8) is 0 Å². The Balaban J connectivity index is 2.43. The fraction of sp³-hybridized carbons (Fsp3) is 0.0455. The molecule has 0 aromatic heterocycles. The summed E-state index contributed by atoms with van der Waals surface area (Å²) in [6, 6.07) is 32.7. The van der Waals surface area contributed by atoms with E-state index >= 15 is 0 Å². The predicted molar refractivity (Wildman–Crippen MR) is 105 cm³/mol. The normalized spacial score (nSPS) is 11.0. The molecule has 3 aromatic carbocycles. The Morgan fingerprint density at radius 2 is 0.957 bits per heavy atom. The van der Waals surface area contributed by atoms with Gasteiger partial charge in [-0.1, -0.05) is 0 Å². The van der Waals surface area contributed by atoms with Crippen molar-refractivity contribution in [2.45, 2.75) is 6.92 Å². The third-order valence-corrected chi connectivity index (χ3v) is 12.6. The molecule has 114 valence electrons. The fourth-order valence-electron chi connectivity index (χ4n) is 2.99. The van der Waals surface area contributed by atoms with Crippen LogP contribution in [-0.4, -0.2) is 17.9 Å². The van der Waals surface area contributed by atoms with Gasteiger partial charge in [-0.15, -0.1) is 0 Å². The maximum absolute atomic E-state index is 4.20. The molecule has 0 aliphatic carbocycles. The van der Waals surface area contributed by atoms with Gasteiger partial charge in [0.25, 0.3) is 0 Å². The van der Waals surface area contributed by atoms with E-state index < -0.39 is 13.1 Å². The molecule has 0 spiro atoms. The molecule has 0 aliphatic heterocycles. The SMILES string of the molecule is C=C(C)C=[As](c1ccccc1)(c1ccccc1)c1ccccc1. The first kappa shape index (κ1) is 15.7. The van der Waals surface area contributed by atoms with Crippen LogP contribution in [0.5, 0.6) is 0 Å². The average Bonchev–Trinajstić information content (AvgIpc) is 2.62. The fourth-order valence-corrected chi connectivity index (χ4v) is 11.2. The minimum atomic E-state index is -2.66. The summed E-state index contributed by atoms with van der Waals surface area (Å²) in [5, 5.41) is 0. The summed E-state index contributed by atoms with van der Waals surface area (Å²) in [6.45, 7) is 6.31. The molecular weight excluding hydrogens is 339 g/mol. The van der Waals surface area contributed by atoms with Crippen molar-refractivity contribution in [2.75, 3.05) is 0 Å². The van der Waals surface area contributed by atoms with E-state index in [0.29, 0.717) is 0 Å². The van der Waals surface area contributed by atoms with E-state index in [1.54, 1.807) is 0 Å². The molecule has 0 radical (unpaired) electrons. The Morgan fingerprint density at radius 1 is 0.652 bits per heavy atom. The third-order valence-electron chi connectivity index (χ3n) is 3.90. The zero-order valence-corrected chi connectivity index (χ0v) is 15.3. The third kappa shape index (κ3) is 3.14. The molecule has 0 heterocycles. The van der Waals surface area contributed by atoms with Crippen molar-refractivity contribution in [1.82, 2.24) is 0 Å². The number of hydrogen-bond acceptors (Lipinski definition) is 0. The molecule has 0 N–H and O–H groups in total. The Morgan fingerprint density at radius 3 is 1.22 bits per heavy atom. The molecule has 0 unspecified atom stereocenters. The van der Waals surface area contributed by atoms with Gasteiger partial charge in [-0.2, -0.15) is 0 Å². The second-order valence-electron chi connectivity index (χ2n) is 5.70. The summed E-state index contributed by atoms with van der Waals surface area (Å²) in [4.78, 5) is 2.44. The van der Waals surface area contributed by atoms with Crippen LogP contribution in [0, 0.1) is 0 Å². The summed E-state index contributed by atoms with van der Waals surface area (Å²) < 4.78 is 4.27. The van der Waals surface area contributed by atoms with E-state index in [-0.39, 0.29) is 0 Å². The van der Waals surface area contributed by atoms with Gasteiger partial charge >= 0.3 is 141 Å². The van der Waals surface area contributed by atoms with E-state index in [1.165, 1.54) is 13.1 Å². The van der Waals surface area contributed by atoms with Crippen LogP contribution in [0.3, 0.4) is 0 Å². The van der Waals surface area contributed by atoms with Gasteiger partial charge in [-0.25, -0.2) is 0 Å². The van der Waals surface area contributed by atoms with Gasteiger partial charge in [0.1, 0.15) is 0 Å². The molecule has 23 heavy (non-hydrogen) atoms. The van der Waals surface area contributed by atoms with Crippen molar-refractivity contribution >= 4 is 31.0 Å². The average molecular weight is 360 g/mol. The molecule has 0 fully saturated rings. The standard InChI is InChI=1S/C22H21As/c1-19(2)18-23(20-12-6-3-7-13-20,21-14-8-4-9-15-21)22-16-10-5-11-17-22/h3-18H,1H2,2H3. The van der Waals surface area contributed by atoms with Gasteiger partial charge < -0.3 is 0 Å². The number of rotatable bonds is 4. The van der Waals surface area contributed by atoms with Crippen LogP contribution in [0.4, 0.5) is 0 Å².